The van der Waals surface area contributed by atoms with Crippen molar-refractivity contribution in [2.24, 2.45) is 0 Å². The van der Waals surface area contributed by atoms with Crippen LogP contribution in [0, 0.1) is 0 Å². The lowest BCUT2D eigenvalue weighted by atomic mass is 9.94. The maximum absolute atomic E-state index is 11.8. The Morgan fingerprint density at radius 3 is 2.88 bits per heavy atom. The number of nitrogens with one attached hydrogen (secondary N) is 1. The Bertz CT molecular complexity index is 223. The molecule has 4 atom stereocenters. The molecule has 0 aromatic rings. The van der Waals surface area contributed by atoms with Crippen LogP contribution in [0.15, 0.2) is 0 Å². The number of methoxy groups -OCH3 is 1. The molecule has 1 N–H and O–H groups in total. The van der Waals surface area contributed by atoms with Crippen LogP contribution in [0.3, 0.4) is 0 Å². The van der Waals surface area contributed by atoms with E-state index in [0.717, 1.165) is 25.2 Å². The summed E-state index contributed by atoms with van der Waals surface area (Å²) in [6, 6.07) is 0.920. The monoisotopic (exact) mass is 247 g/mol. The zero-order valence-electron chi connectivity index (χ0n) is 10.7. The van der Waals surface area contributed by atoms with E-state index in [1.807, 2.05) is 6.92 Å². The van der Waals surface area contributed by atoms with Crippen molar-refractivity contribution >= 4 is 10.8 Å². The smallest absolute Gasteiger partial charge is 0.0613 e. The second-order valence-corrected chi connectivity index (χ2v) is 6.68. The van der Waals surface area contributed by atoms with Crippen molar-refractivity contribution in [1.29, 1.82) is 0 Å². The van der Waals surface area contributed by atoms with Gasteiger partial charge in [-0.3, -0.25) is 4.21 Å². The standard InChI is InChI=1S/C12H25NO2S/c1-4-16(14)12-7-5-6-11(8-12)13-10(2)9-15-3/h10-13H,4-9H2,1-3H3. The highest BCUT2D eigenvalue weighted by molar-refractivity contribution is 7.85. The molecule has 0 aromatic heterocycles. The summed E-state index contributed by atoms with van der Waals surface area (Å²) in [6.07, 6.45) is 4.62. The number of ether oxygens (including phenoxy) is 1. The first-order valence-corrected chi connectivity index (χ1v) is 7.67. The topological polar surface area (TPSA) is 38.3 Å². The molecule has 0 amide bonds. The molecule has 0 spiro atoms. The molecule has 0 heterocycles. The zero-order valence-corrected chi connectivity index (χ0v) is 11.5. The van der Waals surface area contributed by atoms with Gasteiger partial charge in [0.05, 0.1) is 6.61 Å². The van der Waals surface area contributed by atoms with Crippen LogP contribution in [0.2, 0.25) is 0 Å². The Hall–Kier alpha value is 0.0700. The minimum Gasteiger partial charge on any atom is -0.383 e. The maximum atomic E-state index is 11.8. The summed E-state index contributed by atoms with van der Waals surface area (Å²) in [5, 5.41) is 3.98. The van der Waals surface area contributed by atoms with E-state index in [1.54, 1.807) is 7.11 Å². The predicted octanol–water partition coefficient (Wildman–Crippen LogP) is 1.69. The first-order chi connectivity index (χ1) is 7.67. The Morgan fingerprint density at radius 1 is 1.50 bits per heavy atom. The average molecular weight is 247 g/mol. The minimum atomic E-state index is -0.624. The molecular weight excluding hydrogens is 222 g/mol. The van der Waals surface area contributed by atoms with Gasteiger partial charge in [-0.25, -0.2) is 0 Å². The fraction of sp³-hybridized carbons (Fsp3) is 1.00. The van der Waals surface area contributed by atoms with Crippen LogP contribution < -0.4 is 5.32 Å². The molecule has 96 valence electrons. The molecule has 1 aliphatic rings. The van der Waals surface area contributed by atoms with Gasteiger partial charge in [0.15, 0.2) is 0 Å². The van der Waals surface area contributed by atoms with Crippen LogP contribution >= 0.6 is 0 Å². The predicted molar refractivity (Wildman–Crippen MR) is 69.2 cm³/mol. The van der Waals surface area contributed by atoms with Crippen LogP contribution in [-0.2, 0) is 15.5 Å². The molecule has 4 heteroatoms. The van der Waals surface area contributed by atoms with Crippen LogP contribution in [0.25, 0.3) is 0 Å². The molecule has 1 rings (SSSR count). The van der Waals surface area contributed by atoms with Gasteiger partial charge in [-0.1, -0.05) is 13.3 Å². The van der Waals surface area contributed by atoms with Gasteiger partial charge in [-0.15, -0.1) is 0 Å². The molecule has 16 heavy (non-hydrogen) atoms. The Kier molecular flexibility index (Phi) is 6.54. The lowest BCUT2D eigenvalue weighted by Crippen LogP contribution is -2.43. The minimum absolute atomic E-state index is 0.392. The van der Waals surface area contributed by atoms with E-state index in [0.29, 0.717) is 17.3 Å². The van der Waals surface area contributed by atoms with Crippen molar-refractivity contribution in [3.8, 4) is 0 Å². The third-order valence-corrected chi connectivity index (χ3v) is 4.96. The Labute approximate surface area is 102 Å². The van der Waals surface area contributed by atoms with Gasteiger partial charge in [0.1, 0.15) is 0 Å². The molecule has 1 aliphatic carbocycles. The summed E-state index contributed by atoms with van der Waals surface area (Å²) in [5.41, 5.74) is 0. The van der Waals surface area contributed by atoms with Crippen molar-refractivity contribution in [2.45, 2.75) is 56.9 Å². The lowest BCUT2D eigenvalue weighted by molar-refractivity contribution is 0.162. The van der Waals surface area contributed by atoms with Crippen molar-refractivity contribution in [3.05, 3.63) is 0 Å². The molecule has 0 radical (unpaired) electrons. The van der Waals surface area contributed by atoms with Crippen molar-refractivity contribution < 1.29 is 8.95 Å². The number of hydrogen-bond donors (Lipinski definition) is 1. The van der Waals surface area contributed by atoms with Gasteiger partial charge in [0.2, 0.25) is 0 Å². The van der Waals surface area contributed by atoms with Crippen LogP contribution in [-0.4, -0.2) is 41.0 Å². The van der Waals surface area contributed by atoms with Crippen LogP contribution in [0.1, 0.15) is 39.5 Å². The van der Waals surface area contributed by atoms with E-state index in [4.69, 9.17) is 4.74 Å². The average Bonchev–Trinajstić information content (AvgIpc) is 2.28. The van der Waals surface area contributed by atoms with Crippen molar-refractivity contribution in [2.75, 3.05) is 19.5 Å². The van der Waals surface area contributed by atoms with E-state index in [1.165, 1.54) is 12.8 Å². The normalized spacial score (nSPS) is 29.9. The van der Waals surface area contributed by atoms with E-state index in [-0.39, 0.29) is 0 Å². The van der Waals surface area contributed by atoms with Gasteiger partial charge in [0.25, 0.3) is 0 Å². The molecule has 3 nitrogen and oxygen atoms in total. The fourth-order valence-electron chi connectivity index (χ4n) is 2.47. The highest BCUT2D eigenvalue weighted by Gasteiger charge is 2.25. The fourth-order valence-corrected chi connectivity index (χ4v) is 3.82. The SMILES string of the molecule is CCS(=O)C1CCCC(NC(C)COC)C1. The molecule has 1 saturated carbocycles. The first-order valence-electron chi connectivity index (χ1n) is 6.29. The summed E-state index contributed by atoms with van der Waals surface area (Å²) in [7, 11) is 1.11. The third kappa shape index (κ3) is 4.52. The molecule has 0 bridgehead atoms. The number of hydrogen-bond acceptors (Lipinski definition) is 3. The van der Waals surface area contributed by atoms with E-state index in [2.05, 4.69) is 12.2 Å². The highest BCUT2D eigenvalue weighted by atomic mass is 32.2. The van der Waals surface area contributed by atoms with E-state index in [9.17, 15) is 4.21 Å². The van der Waals surface area contributed by atoms with Crippen molar-refractivity contribution in [1.82, 2.24) is 5.32 Å². The summed E-state index contributed by atoms with van der Waals surface area (Å²) in [4.78, 5) is 0. The molecule has 0 saturated heterocycles. The van der Waals surface area contributed by atoms with Gasteiger partial charge in [0, 0.05) is 41.0 Å². The van der Waals surface area contributed by atoms with E-state index >= 15 is 0 Å². The third-order valence-electron chi connectivity index (χ3n) is 3.22. The first kappa shape index (κ1) is 14.1. The molecule has 0 aromatic carbocycles. The maximum Gasteiger partial charge on any atom is 0.0613 e. The zero-order chi connectivity index (χ0) is 12.0. The summed E-state index contributed by atoms with van der Waals surface area (Å²) in [6.45, 7) is 4.91. The van der Waals surface area contributed by atoms with Gasteiger partial charge in [-0.2, -0.15) is 0 Å². The summed E-state index contributed by atoms with van der Waals surface area (Å²) < 4.78 is 16.9. The quantitative estimate of drug-likeness (QED) is 0.776. The summed E-state index contributed by atoms with van der Waals surface area (Å²) in [5.74, 6) is 0.797. The lowest BCUT2D eigenvalue weighted by Gasteiger charge is -2.31. The number of rotatable bonds is 6. The second-order valence-electron chi connectivity index (χ2n) is 4.68. The second kappa shape index (κ2) is 7.41. The van der Waals surface area contributed by atoms with Crippen LogP contribution in [0.5, 0.6) is 0 Å². The largest absolute Gasteiger partial charge is 0.383 e. The summed E-state index contributed by atoms with van der Waals surface area (Å²) >= 11 is 0. The molecular formula is C12H25NO2S. The van der Waals surface area contributed by atoms with Gasteiger partial charge >= 0.3 is 0 Å². The van der Waals surface area contributed by atoms with Gasteiger partial charge in [-0.05, 0) is 26.2 Å². The van der Waals surface area contributed by atoms with Crippen molar-refractivity contribution in [3.63, 3.8) is 0 Å². The molecule has 1 fully saturated rings. The Morgan fingerprint density at radius 2 is 2.25 bits per heavy atom. The molecule has 4 unspecified atom stereocenters. The van der Waals surface area contributed by atoms with Gasteiger partial charge < -0.3 is 10.1 Å². The highest BCUT2D eigenvalue weighted by Crippen LogP contribution is 2.23. The van der Waals surface area contributed by atoms with E-state index < -0.39 is 10.8 Å². The Balaban J connectivity index is 2.35. The molecule has 0 aliphatic heterocycles. The van der Waals surface area contributed by atoms with Crippen LogP contribution in [0.4, 0.5) is 0 Å².